The molecule has 1 atom stereocenters. The molecule has 1 saturated carbocycles. The summed E-state index contributed by atoms with van der Waals surface area (Å²) in [4.78, 5) is 15.5. The van der Waals surface area contributed by atoms with Gasteiger partial charge >= 0.3 is 0 Å². The predicted octanol–water partition coefficient (Wildman–Crippen LogP) is 1.76. The number of carbonyl (C=O) groups excluding carboxylic acids is 1. The normalized spacial score (nSPS) is 21.6. The zero-order valence-electron chi connectivity index (χ0n) is 10.4. The maximum atomic E-state index is 12.1. The van der Waals surface area contributed by atoms with Crippen LogP contribution in [0.1, 0.15) is 23.3 Å². The Balaban J connectivity index is 1.75. The Bertz CT molecular complexity index is 467. The van der Waals surface area contributed by atoms with E-state index in [9.17, 15) is 9.90 Å². The van der Waals surface area contributed by atoms with Gasteiger partial charge in [0.15, 0.2) is 17.1 Å². The number of rotatable bonds is 4. The highest BCUT2D eigenvalue weighted by Gasteiger charge is 2.38. The Kier molecular flexibility index (Phi) is 3.13. The molecular formula is C13H17NO3S. The molecule has 1 aromatic heterocycles. The fourth-order valence-electron chi connectivity index (χ4n) is 2.55. The fraction of sp³-hybridized carbons (Fsp3) is 0.615. The van der Waals surface area contributed by atoms with Crippen LogP contribution in [0.2, 0.25) is 0 Å². The zero-order chi connectivity index (χ0) is 12.7. The summed E-state index contributed by atoms with van der Waals surface area (Å²) in [6, 6.07) is 1.81. The molecule has 1 fully saturated rings. The van der Waals surface area contributed by atoms with E-state index in [1.54, 1.807) is 13.2 Å². The second-order valence-electron chi connectivity index (χ2n) is 5.02. The van der Waals surface area contributed by atoms with Crippen LogP contribution in [-0.4, -0.2) is 35.7 Å². The van der Waals surface area contributed by atoms with E-state index in [1.807, 2.05) is 0 Å². The van der Waals surface area contributed by atoms with E-state index in [0.717, 1.165) is 31.4 Å². The number of ether oxygens (including phenoxy) is 1. The lowest BCUT2D eigenvalue weighted by Crippen LogP contribution is -2.45. The van der Waals surface area contributed by atoms with Gasteiger partial charge in [0.1, 0.15) is 0 Å². The number of thiophene rings is 1. The topological polar surface area (TPSA) is 49.8 Å². The molecule has 1 aliphatic heterocycles. The molecule has 2 heterocycles. The number of ketones is 1. The quantitative estimate of drug-likeness (QED) is 0.903. The van der Waals surface area contributed by atoms with Gasteiger partial charge in [0.25, 0.3) is 0 Å². The minimum Gasteiger partial charge on any atom is -0.499 e. The molecule has 1 unspecified atom stereocenters. The van der Waals surface area contributed by atoms with Gasteiger partial charge in [0.2, 0.25) is 0 Å². The van der Waals surface area contributed by atoms with E-state index in [2.05, 4.69) is 4.90 Å². The molecule has 0 aromatic carbocycles. The van der Waals surface area contributed by atoms with Gasteiger partial charge < -0.3 is 9.84 Å². The van der Waals surface area contributed by atoms with Gasteiger partial charge in [-0.25, -0.2) is 0 Å². The van der Waals surface area contributed by atoms with Crippen molar-refractivity contribution in [3.8, 4) is 5.06 Å². The number of fused-ring (bicyclic) bond motifs is 1. The molecule has 0 saturated heterocycles. The molecule has 0 amide bonds. The van der Waals surface area contributed by atoms with Crippen molar-refractivity contribution < 1.29 is 14.6 Å². The van der Waals surface area contributed by atoms with E-state index >= 15 is 0 Å². The third-order valence-corrected chi connectivity index (χ3v) is 4.70. The van der Waals surface area contributed by atoms with Crippen molar-refractivity contribution in [2.45, 2.75) is 32.0 Å². The molecule has 1 aromatic rings. The Morgan fingerprint density at radius 1 is 1.61 bits per heavy atom. The number of methoxy groups -OCH3 is 1. The van der Waals surface area contributed by atoms with E-state index in [1.165, 1.54) is 16.2 Å². The first-order valence-electron chi connectivity index (χ1n) is 6.30. The Hall–Kier alpha value is -0.910. The molecule has 1 N–H and O–H groups in total. The van der Waals surface area contributed by atoms with E-state index in [4.69, 9.17) is 4.74 Å². The van der Waals surface area contributed by atoms with Crippen LogP contribution in [0, 0.1) is 5.92 Å². The van der Waals surface area contributed by atoms with Crippen molar-refractivity contribution in [3.05, 3.63) is 16.5 Å². The first kappa shape index (κ1) is 12.1. The van der Waals surface area contributed by atoms with Crippen molar-refractivity contribution in [2.75, 3.05) is 13.7 Å². The highest BCUT2D eigenvalue weighted by atomic mass is 32.1. The summed E-state index contributed by atoms with van der Waals surface area (Å²) >= 11 is 1.44. The monoisotopic (exact) mass is 267 g/mol. The SMILES string of the molecule is COC(C(=O)C1CC1)N1CCc2sc(O)cc2C1. The van der Waals surface area contributed by atoms with Crippen LogP contribution in [-0.2, 0) is 22.5 Å². The molecule has 4 nitrogen and oxygen atoms in total. The summed E-state index contributed by atoms with van der Waals surface area (Å²) in [6.07, 6.45) is 2.50. The molecule has 0 bridgehead atoms. The van der Waals surface area contributed by atoms with Crippen LogP contribution in [0.4, 0.5) is 0 Å². The number of hydrogen-bond donors (Lipinski definition) is 1. The maximum Gasteiger partial charge on any atom is 0.179 e. The zero-order valence-corrected chi connectivity index (χ0v) is 11.2. The van der Waals surface area contributed by atoms with Crippen molar-refractivity contribution >= 4 is 17.1 Å². The highest BCUT2D eigenvalue weighted by Crippen LogP contribution is 2.35. The third-order valence-electron chi connectivity index (χ3n) is 3.66. The number of hydrogen-bond acceptors (Lipinski definition) is 5. The summed E-state index contributed by atoms with van der Waals surface area (Å²) in [7, 11) is 1.60. The van der Waals surface area contributed by atoms with Gasteiger partial charge in [-0.3, -0.25) is 9.69 Å². The molecule has 2 aliphatic rings. The van der Waals surface area contributed by atoms with Crippen molar-refractivity contribution in [1.29, 1.82) is 0 Å². The van der Waals surface area contributed by atoms with Crippen LogP contribution in [0.5, 0.6) is 5.06 Å². The summed E-state index contributed by atoms with van der Waals surface area (Å²) in [5, 5.41) is 9.88. The second-order valence-corrected chi connectivity index (χ2v) is 6.13. The van der Waals surface area contributed by atoms with E-state index in [0.29, 0.717) is 11.6 Å². The molecule has 3 rings (SSSR count). The van der Waals surface area contributed by atoms with Crippen LogP contribution in [0.15, 0.2) is 6.07 Å². The van der Waals surface area contributed by atoms with Crippen molar-refractivity contribution in [1.82, 2.24) is 4.90 Å². The standard InChI is InChI=1S/C13H17NO3S/c1-17-13(12(16)8-2-3-8)14-5-4-10-9(7-14)6-11(15)18-10/h6,8,13,15H,2-5,7H2,1H3. The molecule has 5 heteroatoms. The van der Waals surface area contributed by atoms with E-state index < -0.39 is 6.23 Å². The maximum absolute atomic E-state index is 12.1. The van der Waals surface area contributed by atoms with Gasteiger partial charge in [-0.1, -0.05) is 0 Å². The van der Waals surface area contributed by atoms with Crippen molar-refractivity contribution in [3.63, 3.8) is 0 Å². The molecule has 98 valence electrons. The predicted molar refractivity (Wildman–Crippen MR) is 68.6 cm³/mol. The van der Waals surface area contributed by atoms with Crippen LogP contribution < -0.4 is 0 Å². The van der Waals surface area contributed by atoms with E-state index in [-0.39, 0.29) is 11.7 Å². The molecule has 1 aliphatic carbocycles. The lowest BCUT2D eigenvalue weighted by Gasteiger charge is -2.32. The fourth-order valence-corrected chi connectivity index (χ4v) is 3.46. The lowest BCUT2D eigenvalue weighted by atomic mass is 10.1. The minimum absolute atomic E-state index is 0.215. The average Bonchev–Trinajstić information content (AvgIpc) is 3.12. The first-order chi connectivity index (χ1) is 8.69. The number of aromatic hydroxyl groups is 1. The Labute approximate surface area is 110 Å². The molecule has 0 spiro atoms. The van der Waals surface area contributed by atoms with Crippen LogP contribution in [0.3, 0.4) is 0 Å². The van der Waals surface area contributed by atoms with Crippen LogP contribution >= 0.6 is 11.3 Å². The molecular weight excluding hydrogens is 250 g/mol. The molecule has 0 radical (unpaired) electrons. The number of nitrogens with zero attached hydrogens (tertiary/aromatic N) is 1. The average molecular weight is 267 g/mol. The van der Waals surface area contributed by atoms with Gasteiger partial charge in [0, 0.05) is 31.0 Å². The molecule has 18 heavy (non-hydrogen) atoms. The summed E-state index contributed by atoms with van der Waals surface area (Å²) in [6.45, 7) is 1.52. The number of carbonyl (C=O) groups is 1. The minimum atomic E-state index is -0.410. The Morgan fingerprint density at radius 2 is 2.39 bits per heavy atom. The lowest BCUT2D eigenvalue weighted by molar-refractivity contribution is -0.143. The van der Waals surface area contributed by atoms with Gasteiger partial charge in [-0.2, -0.15) is 0 Å². The first-order valence-corrected chi connectivity index (χ1v) is 7.12. The van der Waals surface area contributed by atoms with Gasteiger partial charge in [-0.05, 0) is 30.9 Å². The van der Waals surface area contributed by atoms with Crippen molar-refractivity contribution in [2.24, 2.45) is 5.92 Å². The third kappa shape index (κ3) is 2.18. The van der Waals surface area contributed by atoms with Gasteiger partial charge in [-0.15, -0.1) is 11.3 Å². The largest absolute Gasteiger partial charge is 0.499 e. The second kappa shape index (κ2) is 4.64. The highest BCUT2D eigenvalue weighted by molar-refractivity contribution is 7.13. The number of Topliss-reactive ketones (excluding diaryl/α,β-unsaturated/α-hetero) is 1. The Morgan fingerprint density at radius 3 is 3.06 bits per heavy atom. The van der Waals surface area contributed by atoms with Crippen LogP contribution in [0.25, 0.3) is 0 Å². The summed E-state index contributed by atoms with van der Waals surface area (Å²) in [5.74, 6) is 0.438. The smallest absolute Gasteiger partial charge is 0.179 e. The summed E-state index contributed by atoms with van der Waals surface area (Å²) in [5.41, 5.74) is 1.13. The summed E-state index contributed by atoms with van der Waals surface area (Å²) < 4.78 is 5.39. The van der Waals surface area contributed by atoms with Gasteiger partial charge in [0.05, 0.1) is 0 Å².